The first-order chi connectivity index (χ1) is 10.6. The molecule has 1 amide bonds. The highest BCUT2D eigenvalue weighted by Crippen LogP contribution is 2.25. The first-order valence-corrected chi connectivity index (χ1v) is 7.90. The minimum absolute atomic E-state index is 0.0838. The van der Waals surface area contributed by atoms with E-state index in [1.807, 2.05) is 37.3 Å². The summed E-state index contributed by atoms with van der Waals surface area (Å²) < 4.78 is 5.12. The third-order valence-corrected chi connectivity index (χ3v) is 4.20. The van der Waals surface area contributed by atoms with E-state index < -0.39 is 12.0 Å². The molecule has 0 aromatic heterocycles. The average molecular weight is 323 g/mol. The van der Waals surface area contributed by atoms with Gasteiger partial charge in [0.05, 0.1) is 18.5 Å². The van der Waals surface area contributed by atoms with Crippen molar-refractivity contribution >= 4 is 23.6 Å². The van der Waals surface area contributed by atoms with Crippen LogP contribution in [0.25, 0.3) is 0 Å². The number of carbonyl (C=O) groups is 2. The van der Waals surface area contributed by atoms with Crippen molar-refractivity contribution in [2.45, 2.75) is 29.5 Å². The Bertz CT molecular complexity index is 492. The van der Waals surface area contributed by atoms with E-state index in [4.69, 9.17) is 9.84 Å². The fraction of sp³-hybridized carbons (Fsp3) is 0.375. The van der Waals surface area contributed by atoms with Gasteiger partial charge in [-0.15, -0.1) is 18.3 Å². The van der Waals surface area contributed by atoms with Crippen molar-refractivity contribution in [1.82, 2.24) is 5.32 Å². The second-order valence-electron chi connectivity index (χ2n) is 4.55. The lowest BCUT2D eigenvalue weighted by molar-refractivity contribution is -0.143. The van der Waals surface area contributed by atoms with Gasteiger partial charge in [0.25, 0.3) is 0 Å². The lowest BCUT2D eigenvalue weighted by Crippen LogP contribution is -2.47. The van der Waals surface area contributed by atoms with E-state index in [1.54, 1.807) is 0 Å². The molecule has 0 saturated carbocycles. The van der Waals surface area contributed by atoms with Crippen LogP contribution in [0.15, 0.2) is 47.9 Å². The van der Waals surface area contributed by atoms with Gasteiger partial charge in [-0.3, -0.25) is 4.79 Å². The van der Waals surface area contributed by atoms with Gasteiger partial charge in [-0.05, 0) is 18.6 Å². The number of nitrogens with one attached hydrogen (secondary N) is 1. The molecule has 0 spiro atoms. The summed E-state index contributed by atoms with van der Waals surface area (Å²) in [5.74, 6) is -1.41. The Morgan fingerprint density at radius 3 is 2.64 bits per heavy atom. The summed E-state index contributed by atoms with van der Waals surface area (Å²) in [5, 5.41) is 11.3. The summed E-state index contributed by atoms with van der Waals surface area (Å²) >= 11 is 1.42. The molecular weight excluding hydrogens is 302 g/mol. The number of carboxylic acid groups (broad SMARTS) is 1. The van der Waals surface area contributed by atoms with Crippen LogP contribution in [0.5, 0.6) is 0 Å². The summed E-state index contributed by atoms with van der Waals surface area (Å²) in [6, 6.07) is 8.48. The third kappa shape index (κ3) is 6.32. The second kappa shape index (κ2) is 10.0. The number of ether oxygens (including phenoxy) is 1. The van der Waals surface area contributed by atoms with E-state index in [9.17, 15) is 9.59 Å². The van der Waals surface area contributed by atoms with Crippen molar-refractivity contribution in [2.75, 3.05) is 13.2 Å². The standard InChI is InChI=1S/C16H21NO4S/c1-3-10-21-11-13(16(19)20)17-15(18)14(4-2)22-12-8-6-5-7-9-12/h3,5-9,13-14H,1,4,10-11H2,2H3,(H,17,18)(H,19,20). The fourth-order valence-electron chi connectivity index (χ4n) is 1.69. The number of amides is 1. The van der Waals surface area contributed by atoms with Crippen molar-refractivity contribution in [2.24, 2.45) is 0 Å². The van der Waals surface area contributed by atoms with Gasteiger partial charge in [-0.2, -0.15) is 0 Å². The largest absolute Gasteiger partial charge is 0.480 e. The predicted octanol–water partition coefficient (Wildman–Crippen LogP) is 2.33. The van der Waals surface area contributed by atoms with Crippen LogP contribution in [-0.4, -0.2) is 41.5 Å². The lowest BCUT2D eigenvalue weighted by Gasteiger charge is -2.19. The molecule has 1 aromatic carbocycles. The van der Waals surface area contributed by atoms with Gasteiger partial charge < -0.3 is 15.2 Å². The molecule has 120 valence electrons. The molecule has 0 heterocycles. The molecule has 0 fully saturated rings. The van der Waals surface area contributed by atoms with Crippen LogP contribution in [0.1, 0.15) is 13.3 Å². The van der Waals surface area contributed by atoms with Crippen molar-refractivity contribution in [1.29, 1.82) is 0 Å². The molecule has 1 rings (SSSR count). The Hall–Kier alpha value is -1.79. The Balaban J connectivity index is 2.61. The van der Waals surface area contributed by atoms with Crippen LogP contribution >= 0.6 is 11.8 Å². The van der Waals surface area contributed by atoms with Gasteiger partial charge in [0.2, 0.25) is 5.91 Å². The quantitative estimate of drug-likeness (QED) is 0.393. The summed E-state index contributed by atoms with van der Waals surface area (Å²) in [7, 11) is 0. The molecule has 1 aromatic rings. The zero-order valence-corrected chi connectivity index (χ0v) is 13.3. The highest BCUT2D eigenvalue weighted by Gasteiger charge is 2.25. The van der Waals surface area contributed by atoms with Gasteiger partial charge >= 0.3 is 5.97 Å². The molecule has 2 N–H and O–H groups in total. The molecule has 2 unspecified atom stereocenters. The zero-order chi connectivity index (χ0) is 16.4. The highest BCUT2D eigenvalue weighted by atomic mass is 32.2. The number of thioether (sulfide) groups is 1. The molecule has 6 heteroatoms. The number of benzene rings is 1. The van der Waals surface area contributed by atoms with E-state index in [1.165, 1.54) is 17.8 Å². The maximum absolute atomic E-state index is 12.3. The fourth-order valence-corrected chi connectivity index (χ4v) is 2.68. The van der Waals surface area contributed by atoms with E-state index >= 15 is 0 Å². The number of hydrogen-bond donors (Lipinski definition) is 2. The molecule has 0 aliphatic heterocycles. The van der Waals surface area contributed by atoms with Gasteiger partial charge in [0, 0.05) is 4.90 Å². The smallest absolute Gasteiger partial charge is 0.328 e. The molecule has 0 saturated heterocycles. The summed E-state index contributed by atoms with van der Waals surface area (Å²) in [5.41, 5.74) is 0. The molecule has 0 aliphatic rings. The topological polar surface area (TPSA) is 75.6 Å². The number of aliphatic carboxylic acids is 1. The number of carbonyl (C=O) groups excluding carboxylic acids is 1. The number of rotatable bonds is 10. The van der Waals surface area contributed by atoms with Gasteiger partial charge in [0.15, 0.2) is 6.04 Å². The zero-order valence-electron chi connectivity index (χ0n) is 12.5. The van der Waals surface area contributed by atoms with Gasteiger partial charge in [-0.25, -0.2) is 4.79 Å². The molecular formula is C16H21NO4S. The summed E-state index contributed by atoms with van der Waals surface area (Å²) in [6.45, 7) is 5.54. The Kier molecular flexibility index (Phi) is 8.32. The van der Waals surface area contributed by atoms with E-state index in [2.05, 4.69) is 11.9 Å². The van der Waals surface area contributed by atoms with Crippen molar-refractivity contribution in [3.05, 3.63) is 43.0 Å². The van der Waals surface area contributed by atoms with Gasteiger partial charge in [0.1, 0.15) is 0 Å². The molecule has 5 nitrogen and oxygen atoms in total. The first kappa shape index (κ1) is 18.3. The van der Waals surface area contributed by atoms with Gasteiger partial charge in [-0.1, -0.05) is 31.2 Å². The normalized spacial score (nSPS) is 13.1. The third-order valence-electron chi connectivity index (χ3n) is 2.82. The van der Waals surface area contributed by atoms with Crippen LogP contribution in [0.3, 0.4) is 0 Å². The van der Waals surface area contributed by atoms with Crippen LogP contribution in [0.2, 0.25) is 0 Å². The van der Waals surface area contributed by atoms with E-state index in [0.717, 1.165) is 4.90 Å². The molecule has 0 aliphatic carbocycles. The lowest BCUT2D eigenvalue weighted by atomic mass is 10.2. The molecule has 0 radical (unpaired) electrons. The first-order valence-electron chi connectivity index (χ1n) is 7.02. The van der Waals surface area contributed by atoms with Crippen LogP contribution in [-0.2, 0) is 14.3 Å². The van der Waals surface area contributed by atoms with Crippen molar-refractivity contribution < 1.29 is 19.4 Å². The van der Waals surface area contributed by atoms with Crippen LogP contribution in [0.4, 0.5) is 0 Å². The maximum atomic E-state index is 12.3. The Morgan fingerprint density at radius 1 is 1.41 bits per heavy atom. The highest BCUT2D eigenvalue weighted by molar-refractivity contribution is 8.00. The Labute approximate surface area is 134 Å². The minimum Gasteiger partial charge on any atom is -0.480 e. The van der Waals surface area contributed by atoms with Crippen molar-refractivity contribution in [3.8, 4) is 0 Å². The van der Waals surface area contributed by atoms with E-state index in [-0.39, 0.29) is 24.4 Å². The van der Waals surface area contributed by atoms with E-state index in [0.29, 0.717) is 6.42 Å². The second-order valence-corrected chi connectivity index (χ2v) is 5.83. The maximum Gasteiger partial charge on any atom is 0.328 e. The van der Waals surface area contributed by atoms with Crippen LogP contribution in [0, 0.1) is 0 Å². The predicted molar refractivity (Wildman–Crippen MR) is 87.0 cm³/mol. The number of carboxylic acids is 1. The Morgan fingerprint density at radius 2 is 2.09 bits per heavy atom. The van der Waals surface area contributed by atoms with Crippen LogP contribution < -0.4 is 5.32 Å². The number of hydrogen-bond acceptors (Lipinski definition) is 4. The monoisotopic (exact) mass is 323 g/mol. The summed E-state index contributed by atoms with van der Waals surface area (Å²) in [6.07, 6.45) is 2.13. The SMILES string of the molecule is C=CCOCC(NC(=O)C(CC)Sc1ccccc1)C(=O)O. The minimum atomic E-state index is -1.11. The average Bonchev–Trinajstić information content (AvgIpc) is 2.52. The van der Waals surface area contributed by atoms with Crippen molar-refractivity contribution in [3.63, 3.8) is 0 Å². The molecule has 22 heavy (non-hydrogen) atoms. The molecule has 0 bridgehead atoms. The summed E-state index contributed by atoms with van der Waals surface area (Å²) in [4.78, 5) is 24.4. The molecule has 2 atom stereocenters.